The number of pyridine rings is 2. The Bertz CT molecular complexity index is 1260. The van der Waals surface area contributed by atoms with Crippen molar-refractivity contribution in [2.45, 2.75) is 64.2 Å². The van der Waals surface area contributed by atoms with Gasteiger partial charge in [0.25, 0.3) is 5.56 Å². The number of fused-ring (bicyclic) bond motifs is 5. The molecule has 4 aliphatic rings. The van der Waals surface area contributed by atoms with Gasteiger partial charge in [-0.15, -0.1) is 0 Å². The second-order valence-electron chi connectivity index (χ2n) is 8.70. The fraction of sp³-hybridized carbons (Fsp3) is 0.435. The maximum atomic E-state index is 13.3. The van der Waals surface area contributed by atoms with Crippen molar-refractivity contribution in [1.82, 2.24) is 9.55 Å². The largest absolute Gasteiger partial charge is 0.458 e. The number of aryl methyl sites for hydroxylation is 1. The van der Waals surface area contributed by atoms with E-state index >= 15 is 0 Å². The third kappa shape index (κ3) is 2.06. The number of cyclic esters (lactones) is 1. The highest BCUT2D eigenvalue weighted by Gasteiger charge is 2.45. The van der Waals surface area contributed by atoms with Gasteiger partial charge >= 0.3 is 5.97 Å². The van der Waals surface area contributed by atoms with Crippen LogP contribution in [0.2, 0.25) is 0 Å². The van der Waals surface area contributed by atoms with Crippen LogP contribution in [0.5, 0.6) is 0 Å². The number of hydrogen-bond acceptors (Lipinski definition) is 6. The van der Waals surface area contributed by atoms with Crippen molar-refractivity contribution in [3.63, 3.8) is 0 Å². The molecule has 1 atom stereocenters. The number of rotatable bonds is 1. The van der Waals surface area contributed by atoms with Crippen LogP contribution in [0.1, 0.15) is 66.1 Å². The molecule has 2 aromatic heterocycles. The summed E-state index contributed by atoms with van der Waals surface area (Å²) in [5, 5.41) is 11.0. The fourth-order valence-electron chi connectivity index (χ4n) is 5.62. The highest BCUT2D eigenvalue weighted by molar-refractivity contribution is 5.85. The molecule has 2 aliphatic heterocycles. The number of aliphatic hydroxyl groups is 1. The first kappa shape index (κ1) is 17.9. The zero-order chi connectivity index (χ0) is 20.8. The second kappa shape index (κ2) is 5.82. The molecule has 0 aromatic carbocycles. The molecule has 0 spiro atoms. The SMILES string of the molecule is CC[C@@]1(O)C(=O)OCc2c1cc1n(c2=O)Cc2c-1nc1c3c2CCCC3=C(N)CC1. The van der Waals surface area contributed by atoms with Crippen molar-refractivity contribution in [1.29, 1.82) is 0 Å². The molecule has 0 saturated carbocycles. The highest BCUT2D eigenvalue weighted by atomic mass is 16.6. The van der Waals surface area contributed by atoms with E-state index in [1.165, 1.54) is 16.7 Å². The molecule has 0 fully saturated rings. The van der Waals surface area contributed by atoms with E-state index in [4.69, 9.17) is 15.5 Å². The van der Waals surface area contributed by atoms with E-state index in [9.17, 15) is 14.7 Å². The average Bonchev–Trinajstić information content (AvgIpc) is 3.13. The first-order chi connectivity index (χ1) is 14.4. The molecule has 7 nitrogen and oxygen atoms in total. The number of aromatic nitrogens is 2. The molecule has 0 radical (unpaired) electrons. The second-order valence-corrected chi connectivity index (χ2v) is 8.70. The van der Waals surface area contributed by atoms with Crippen molar-refractivity contribution < 1.29 is 14.6 Å². The predicted octanol–water partition coefficient (Wildman–Crippen LogP) is 1.88. The van der Waals surface area contributed by atoms with Gasteiger partial charge in [0.2, 0.25) is 0 Å². The Labute approximate surface area is 173 Å². The standard InChI is InChI=1S/C23H23N3O4/c1-2-23(29)15-8-18-20-13(9-26(18)21(27)14(15)10-30-22(23)28)11-4-3-5-12-16(24)6-7-17(25-20)19(11)12/h8,29H,2-7,9-10,24H2,1H3/t23-/m0/s1. The van der Waals surface area contributed by atoms with Gasteiger partial charge in [0, 0.05) is 28.1 Å². The van der Waals surface area contributed by atoms with Gasteiger partial charge in [-0.25, -0.2) is 4.79 Å². The molecule has 7 heteroatoms. The van der Waals surface area contributed by atoms with Crippen molar-refractivity contribution in [3.8, 4) is 11.4 Å². The number of hydrogen-bond donors (Lipinski definition) is 2. The maximum absolute atomic E-state index is 13.3. The van der Waals surface area contributed by atoms with Crippen LogP contribution in [0, 0.1) is 0 Å². The van der Waals surface area contributed by atoms with Crippen LogP contribution in [0.4, 0.5) is 0 Å². The summed E-state index contributed by atoms with van der Waals surface area (Å²) in [6.45, 7) is 2.07. The molecule has 154 valence electrons. The molecular formula is C23H23N3O4. The third-order valence-corrected chi connectivity index (χ3v) is 7.26. The lowest BCUT2D eigenvalue weighted by Crippen LogP contribution is -2.44. The summed E-state index contributed by atoms with van der Waals surface area (Å²) in [7, 11) is 0. The van der Waals surface area contributed by atoms with Crippen LogP contribution < -0.4 is 11.3 Å². The summed E-state index contributed by atoms with van der Waals surface area (Å²) in [6.07, 6.45) is 4.73. The number of ether oxygens (including phenoxy) is 1. The Kier molecular flexibility index (Phi) is 3.47. The Morgan fingerprint density at radius 1 is 1.20 bits per heavy atom. The first-order valence-corrected chi connectivity index (χ1v) is 10.6. The lowest BCUT2D eigenvalue weighted by atomic mass is 9.78. The van der Waals surface area contributed by atoms with Gasteiger partial charge in [0.15, 0.2) is 5.60 Å². The highest BCUT2D eigenvalue weighted by Crippen LogP contribution is 2.45. The van der Waals surface area contributed by atoms with E-state index in [2.05, 4.69) is 0 Å². The summed E-state index contributed by atoms with van der Waals surface area (Å²) < 4.78 is 6.87. The minimum absolute atomic E-state index is 0.105. The van der Waals surface area contributed by atoms with E-state index < -0.39 is 11.6 Å². The molecule has 0 saturated heterocycles. The van der Waals surface area contributed by atoms with Crippen molar-refractivity contribution in [3.05, 3.63) is 55.6 Å². The molecule has 2 aromatic rings. The number of carbonyl (C=O) groups is 1. The molecule has 0 bridgehead atoms. The van der Waals surface area contributed by atoms with Crippen molar-refractivity contribution >= 4 is 11.5 Å². The lowest BCUT2D eigenvalue weighted by molar-refractivity contribution is -0.172. The molecule has 0 unspecified atom stereocenters. The summed E-state index contributed by atoms with van der Waals surface area (Å²) in [4.78, 5) is 30.7. The molecule has 4 heterocycles. The van der Waals surface area contributed by atoms with Gasteiger partial charge in [0.05, 0.1) is 23.5 Å². The quantitative estimate of drug-likeness (QED) is 0.599. The smallest absolute Gasteiger partial charge is 0.343 e. The van der Waals surface area contributed by atoms with Crippen molar-refractivity contribution in [2.24, 2.45) is 5.73 Å². The molecule has 0 amide bonds. The molecule has 30 heavy (non-hydrogen) atoms. The van der Waals surface area contributed by atoms with E-state index in [0.29, 0.717) is 23.4 Å². The van der Waals surface area contributed by atoms with Gasteiger partial charge in [-0.1, -0.05) is 6.92 Å². The summed E-state index contributed by atoms with van der Waals surface area (Å²) in [5.41, 5.74) is 13.3. The normalized spacial score (nSPS) is 23.5. The van der Waals surface area contributed by atoms with Gasteiger partial charge in [0.1, 0.15) is 6.61 Å². The van der Waals surface area contributed by atoms with Gasteiger partial charge in [-0.2, -0.15) is 0 Å². The van der Waals surface area contributed by atoms with E-state index in [0.717, 1.165) is 54.8 Å². The third-order valence-electron chi connectivity index (χ3n) is 7.26. The van der Waals surface area contributed by atoms with E-state index in [-0.39, 0.29) is 18.6 Å². The first-order valence-electron chi connectivity index (χ1n) is 10.6. The molecule has 6 rings (SSSR count). The van der Waals surface area contributed by atoms with Crippen LogP contribution in [-0.4, -0.2) is 20.6 Å². The Morgan fingerprint density at radius 2 is 2.03 bits per heavy atom. The molecular weight excluding hydrogens is 382 g/mol. The van der Waals surface area contributed by atoms with E-state index in [1.54, 1.807) is 17.6 Å². The Morgan fingerprint density at radius 3 is 2.83 bits per heavy atom. The van der Waals surface area contributed by atoms with Crippen molar-refractivity contribution in [2.75, 3.05) is 0 Å². The summed E-state index contributed by atoms with van der Waals surface area (Å²) in [5.74, 6) is -0.696. The average molecular weight is 405 g/mol. The van der Waals surface area contributed by atoms with Gasteiger partial charge in [-0.3, -0.25) is 9.78 Å². The van der Waals surface area contributed by atoms with Crippen LogP contribution in [0.15, 0.2) is 16.6 Å². The summed E-state index contributed by atoms with van der Waals surface area (Å²) >= 11 is 0. The number of esters is 1. The van der Waals surface area contributed by atoms with Gasteiger partial charge in [-0.05, 0) is 55.7 Å². The zero-order valence-electron chi connectivity index (χ0n) is 16.9. The Balaban J connectivity index is 1.63. The van der Waals surface area contributed by atoms with Crippen LogP contribution in [0.3, 0.4) is 0 Å². The minimum Gasteiger partial charge on any atom is -0.458 e. The number of nitrogens with two attached hydrogens (primary N) is 1. The molecule has 3 N–H and O–H groups in total. The van der Waals surface area contributed by atoms with E-state index in [1.807, 2.05) is 0 Å². The number of carbonyl (C=O) groups excluding carboxylic acids is 1. The predicted molar refractivity (Wildman–Crippen MR) is 109 cm³/mol. The van der Waals surface area contributed by atoms with Crippen LogP contribution in [-0.2, 0) is 41.1 Å². The van der Waals surface area contributed by atoms with Crippen LogP contribution >= 0.6 is 0 Å². The monoisotopic (exact) mass is 405 g/mol. The van der Waals surface area contributed by atoms with Gasteiger partial charge < -0.3 is 20.1 Å². The number of nitrogens with zero attached hydrogens (tertiary/aromatic N) is 2. The fourth-order valence-corrected chi connectivity index (χ4v) is 5.62. The lowest BCUT2D eigenvalue weighted by Gasteiger charge is -2.31. The van der Waals surface area contributed by atoms with Crippen LogP contribution in [0.25, 0.3) is 17.0 Å². The Hall–Kier alpha value is -2.93. The summed E-state index contributed by atoms with van der Waals surface area (Å²) in [6, 6.07) is 1.79. The molecule has 2 aliphatic carbocycles. The zero-order valence-corrected chi connectivity index (χ0v) is 16.9. The maximum Gasteiger partial charge on any atom is 0.343 e. The number of allylic oxidation sites excluding steroid dienone is 2. The topological polar surface area (TPSA) is 107 Å². The minimum atomic E-state index is -1.79.